The molecule has 60 heavy (non-hydrogen) atoms. The number of alkyl carbamates (subject to hydrolysis) is 4. The zero-order chi connectivity index (χ0) is 46.1. The van der Waals surface area contributed by atoms with E-state index < -0.39 is 0 Å². The Bertz CT molecular complexity index is 940. The van der Waals surface area contributed by atoms with Gasteiger partial charge in [-0.3, -0.25) is 0 Å². The van der Waals surface area contributed by atoms with Crippen LogP contribution >= 0.6 is 0 Å². The van der Waals surface area contributed by atoms with Crippen molar-refractivity contribution in [2.24, 2.45) is 22.9 Å². The van der Waals surface area contributed by atoms with Crippen molar-refractivity contribution in [2.45, 2.75) is 153 Å². The van der Waals surface area contributed by atoms with Crippen molar-refractivity contribution < 1.29 is 38.1 Å². The predicted molar refractivity (Wildman–Crippen MR) is 247 cm³/mol. The maximum Gasteiger partial charge on any atom is 0.407 e. The van der Waals surface area contributed by atoms with Crippen molar-refractivity contribution >= 4 is 24.4 Å². The Morgan fingerprint density at radius 3 is 0.667 bits per heavy atom. The van der Waals surface area contributed by atoms with Crippen molar-refractivity contribution in [1.82, 2.24) is 21.3 Å². The fourth-order valence-corrected chi connectivity index (χ4v) is 5.81. The second-order valence-corrected chi connectivity index (χ2v) is 13.0. The molecule has 4 amide bonds. The number of hydrogen-bond acceptors (Lipinski definition) is 12. The Labute approximate surface area is 363 Å². The van der Waals surface area contributed by atoms with Crippen LogP contribution < -0.4 is 44.2 Å². The molecule has 0 aromatic heterocycles. The molecule has 12 N–H and O–H groups in total. The molecule has 0 saturated carbocycles. The quantitative estimate of drug-likeness (QED) is 0.103. The maximum atomic E-state index is 10.9. The summed E-state index contributed by atoms with van der Waals surface area (Å²) < 4.78 is 20.8. The molecule has 0 saturated heterocycles. The van der Waals surface area contributed by atoms with Crippen LogP contribution in [-0.2, 0) is 18.9 Å². The lowest BCUT2D eigenvalue weighted by atomic mass is 10.0. The van der Waals surface area contributed by atoms with Gasteiger partial charge in [-0.05, 0) is 157 Å². The number of hydrogen-bond donors (Lipinski definition) is 8. The molecule has 0 radical (unpaired) electrons. The summed E-state index contributed by atoms with van der Waals surface area (Å²) in [6.45, 7) is 0. The lowest BCUT2D eigenvalue weighted by molar-refractivity contribution is 0.0873. The van der Waals surface area contributed by atoms with E-state index in [0.717, 1.165) is 128 Å². The van der Waals surface area contributed by atoms with Gasteiger partial charge in [0.15, 0.2) is 0 Å². The highest BCUT2D eigenvalue weighted by atomic mass is 16.6. The number of nitrogens with two attached hydrogens (primary N) is 4. The van der Waals surface area contributed by atoms with Crippen LogP contribution in [0.4, 0.5) is 19.2 Å². The van der Waals surface area contributed by atoms with Gasteiger partial charge >= 0.3 is 24.4 Å². The lowest BCUT2D eigenvalue weighted by Gasteiger charge is -2.17. The third kappa shape index (κ3) is 42.0. The smallest absolute Gasteiger partial charge is 0.407 e. The summed E-state index contributed by atoms with van der Waals surface area (Å²) in [6, 6.07) is 0. The summed E-state index contributed by atoms with van der Waals surface area (Å²) in [4.78, 5) is 43.7. The molecule has 0 fully saturated rings. The molecule has 352 valence electrons. The Hall–Kier alpha value is -4.12. The van der Waals surface area contributed by atoms with E-state index >= 15 is 0 Å². The summed E-state index contributed by atoms with van der Waals surface area (Å²) in [5, 5.41) is 9.88. The van der Waals surface area contributed by atoms with E-state index in [1.807, 2.05) is 0 Å². The summed E-state index contributed by atoms with van der Waals surface area (Å²) in [5.74, 6) is 0. The van der Waals surface area contributed by atoms with Crippen LogP contribution in [0.5, 0.6) is 0 Å². The molecule has 16 heteroatoms. The molecule has 0 spiro atoms. The fourth-order valence-electron chi connectivity index (χ4n) is 5.81. The molecule has 0 bridgehead atoms. The maximum absolute atomic E-state index is 10.9. The SMILES string of the molecule is CN.CN.CN.CN.CNC(=O)OC1CC/C=C/CCC1.CNC(=O)OC1CC/C=C/CCC1.CNC(=O)OC1CC/C=C/CCC1.CNC(=O)OC1CC/C=C/CCC1. The van der Waals surface area contributed by atoms with Crippen LogP contribution in [0.1, 0.15) is 128 Å². The average molecular weight is 857 g/mol. The lowest BCUT2D eigenvalue weighted by Crippen LogP contribution is -2.26. The Morgan fingerprint density at radius 2 is 0.500 bits per heavy atom. The largest absolute Gasteiger partial charge is 0.446 e. The number of ether oxygens (including phenoxy) is 4. The Kier molecular flexibility index (Phi) is 53.2. The molecular weight excluding hydrogens is 769 g/mol. The summed E-state index contributed by atoms with van der Waals surface area (Å²) >= 11 is 0. The van der Waals surface area contributed by atoms with Crippen molar-refractivity contribution in [3.63, 3.8) is 0 Å². The van der Waals surface area contributed by atoms with Gasteiger partial charge in [0.2, 0.25) is 0 Å². The van der Waals surface area contributed by atoms with Gasteiger partial charge in [-0.15, -0.1) is 0 Å². The zero-order valence-electron chi connectivity index (χ0n) is 38.6. The summed E-state index contributed by atoms with van der Waals surface area (Å²) in [6.07, 6.45) is 37.3. The van der Waals surface area contributed by atoms with E-state index in [-0.39, 0.29) is 48.8 Å². The van der Waals surface area contributed by atoms with E-state index in [2.05, 4.69) is 92.8 Å². The minimum absolute atomic E-state index is 0.102. The highest BCUT2D eigenvalue weighted by Gasteiger charge is 2.16. The number of carbonyl (C=O) groups is 4. The molecule has 0 heterocycles. The minimum Gasteiger partial charge on any atom is -0.446 e. The van der Waals surface area contributed by atoms with E-state index in [4.69, 9.17) is 18.9 Å². The highest BCUT2D eigenvalue weighted by molar-refractivity contribution is 5.67. The summed E-state index contributed by atoms with van der Waals surface area (Å²) in [5.41, 5.74) is 18.0. The molecule has 4 rings (SSSR count). The normalized spacial score (nSPS) is 22.5. The highest BCUT2D eigenvalue weighted by Crippen LogP contribution is 2.18. The molecule has 4 atom stereocenters. The molecule has 4 aliphatic carbocycles. The Morgan fingerprint density at radius 1 is 0.333 bits per heavy atom. The molecule has 4 aliphatic rings. The number of allylic oxidation sites excluding steroid dienone is 8. The molecule has 0 aromatic rings. The molecular formula is C44H88N8O8. The number of amides is 4. The fraction of sp³-hybridized carbons (Fsp3) is 0.727. The van der Waals surface area contributed by atoms with Gasteiger partial charge in [-0.2, -0.15) is 0 Å². The van der Waals surface area contributed by atoms with Crippen molar-refractivity contribution in [1.29, 1.82) is 0 Å². The molecule has 0 aliphatic heterocycles. The van der Waals surface area contributed by atoms with Gasteiger partial charge < -0.3 is 63.1 Å². The number of nitrogens with one attached hydrogen (secondary N) is 4. The van der Waals surface area contributed by atoms with Gasteiger partial charge in [0, 0.05) is 28.2 Å². The van der Waals surface area contributed by atoms with E-state index in [1.54, 1.807) is 28.2 Å². The standard InChI is InChI=1S/4C10H17NO2.4CH5N/c4*1-11-10(12)13-9-7-5-3-2-4-6-8-9;4*1-2/h4*2-3,9H,4-8H2,1H3,(H,11,12);4*2H2,1H3/b4*3-2+;;;;. The van der Waals surface area contributed by atoms with Crippen LogP contribution in [0.15, 0.2) is 48.6 Å². The van der Waals surface area contributed by atoms with Crippen molar-refractivity contribution in [3.8, 4) is 0 Å². The van der Waals surface area contributed by atoms with E-state index in [1.165, 1.54) is 28.2 Å². The number of carbonyl (C=O) groups excluding carboxylic acids is 4. The minimum atomic E-state index is -0.311. The second-order valence-electron chi connectivity index (χ2n) is 13.0. The van der Waals surface area contributed by atoms with Crippen molar-refractivity contribution in [3.05, 3.63) is 48.6 Å². The Balaban J connectivity index is -0.000000329. The van der Waals surface area contributed by atoms with Gasteiger partial charge in [0.25, 0.3) is 0 Å². The molecule has 4 unspecified atom stereocenters. The molecule has 16 nitrogen and oxygen atoms in total. The van der Waals surface area contributed by atoms with E-state index in [9.17, 15) is 19.2 Å². The first-order valence-electron chi connectivity index (χ1n) is 21.8. The monoisotopic (exact) mass is 857 g/mol. The third-order valence-electron chi connectivity index (χ3n) is 8.79. The zero-order valence-corrected chi connectivity index (χ0v) is 38.6. The van der Waals surface area contributed by atoms with Gasteiger partial charge in [-0.25, -0.2) is 19.2 Å². The second kappa shape index (κ2) is 51.0. The average Bonchev–Trinajstić information content (AvgIpc) is 3.25. The molecule has 0 aromatic carbocycles. The van der Waals surface area contributed by atoms with Gasteiger partial charge in [0.05, 0.1) is 0 Å². The first-order valence-corrected chi connectivity index (χ1v) is 21.8. The van der Waals surface area contributed by atoms with Crippen molar-refractivity contribution in [2.75, 3.05) is 56.4 Å². The first-order chi connectivity index (χ1) is 29.3. The van der Waals surface area contributed by atoms with Crippen LogP contribution in [0, 0.1) is 0 Å². The van der Waals surface area contributed by atoms with Crippen LogP contribution in [0.2, 0.25) is 0 Å². The number of rotatable bonds is 4. The first kappa shape index (κ1) is 62.5. The van der Waals surface area contributed by atoms with Crippen LogP contribution in [-0.4, -0.2) is 105 Å². The van der Waals surface area contributed by atoms with E-state index in [0.29, 0.717) is 0 Å². The third-order valence-corrected chi connectivity index (χ3v) is 8.79. The predicted octanol–water partition coefficient (Wildman–Crippen LogP) is 7.22. The van der Waals surface area contributed by atoms with Gasteiger partial charge in [-0.1, -0.05) is 48.6 Å². The van der Waals surface area contributed by atoms with Crippen LogP contribution in [0.25, 0.3) is 0 Å². The van der Waals surface area contributed by atoms with Crippen LogP contribution in [0.3, 0.4) is 0 Å². The topological polar surface area (TPSA) is 257 Å². The summed E-state index contributed by atoms with van der Waals surface area (Å²) in [7, 11) is 12.4. The van der Waals surface area contributed by atoms with Gasteiger partial charge in [0.1, 0.15) is 24.4 Å².